The Labute approximate surface area is 90.6 Å². The highest BCUT2D eigenvalue weighted by molar-refractivity contribution is 15.0. The van der Waals surface area contributed by atoms with Crippen LogP contribution in [0.4, 0.5) is 0 Å². The molecular weight excluding hydrogens is 370 g/mol. The van der Waals surface area contributed by atoms with Crippen LogP contribution < -0.4 is 5.32 Å². The fourth-order valence-electron chi connectivity index (χ4n) is 0.999. The molecule has 66 valence electrons. The van der Waals surface area contributed by atoms with Crippen molar-refractivity contribution in [3.63, 3.8) is 0 Å². The van der Waals surface area contributed by atoms with Crippen molar-refractivity contribution in [3.05, 3.63) is 0 Å². The van der Waals surface area contributed by atoms with Gasteiger partial charge in [-0.2, -0.15) is 0 Å². The number of carbonyl (C=O) groups is 1. The van der Waals surface area contributed by atoms with E-state index in [4.69, 9.17) is 0 Å². The Hall–Kier alpha value is 1.05. The maximum atomic E-state index is 10.0. The molecule has 0 radical (unpaired) electrons. The third kappa shape index (κ3) is 6.23. The second kappa shape index (κ2) is 9.14. The fraction of sp³-hybridized carbons (Fsp3) is 0.833. The van der Waals surface area contributed by atoms with Crippen LogP contribution in [0.3, 0.4) is 0 Å². The highest BCUT2D eigenvalue weighted by Crippen LogP contribution is 1.89. The lowest BCUT2D eigenvalue weighted by Gasteiger charge is -2.24. The topological polar surface area (TPSA) is 32.3 Å². The molecule has 1 fully saturated rings. The van der Waals surface area contributed by atoms with Crippen LogP contribution in [0.2, 0.25) is 0 Å². The second-order valence-electron chi connectivity index (χ2n) is 2.22. The van der Waals surface area contributed by atoms with E-state index in [-0.39, 0.29) is 0 Å². The van der Waals surface area contributed by atoms with Gasteiger partial charge in [-0.25, -0.2) is 0 Å². The number of halogens is 2. The average Bonchev–Trinajstić information content (AvgIpc) is 2.11. The molecule has 0 spiro atoms. The van der Waals surface area contributed by atoms with E-state index in [9.17, 15) is 4.79 Å². The summed E-state index contributed by atoms with van der Waals surface area (Å²) < 4.78 is 0. The molecule has 0 aromatic carbocycles. The molecule has 0 amide bonds. The molecule has 1 N–H and O–H groups in total. The predicted molar refractivity (Wildman–Crippen MR) is 63.4 cm³/mol. The molecular formula is C6H12I2N2O. The Bertz CT molecular complexity index is 96.6. The predicted octanol–water partition coefficient (Wildman–Crippen LogP) is 0.862. The normalized spacial score (nSPS) is 18.4. The zero-order valence-electron chi connectivity index (χ0n) is 6.22. The maximum Gasteiger partial charge on any atom is 0.133 e. The van der Waals surface area contributed by atoms with Crippen LogP contribution in [-0.2, 0) is 4.79 Å². The van der Waals surface area contributed by atoms with Gasteiger partial charge in [0.05, 0.1) is 6.54 Å². The van der Waals surface area contributed by atoms with Gasteiger partial charge in [-0.1, -0.05) is 0 Å². The Kier molecular flexibility index (Phi) is 10.0. The van der Waals surface area contributed by atoms with Crippen LogP contribution in [-0.4, -0.2) is 43.9 Å². The van der Waals surface area contributed by atoms with Gasteiger partial charge in [-0.15, -0.1) is 0 Å². The number of piperazine rings is 1. The van der Waals surface area contributed by atoms with E-state index in [0.29, 0.717) is 6.54 Å². The molecule has 1 aliphatic rings. The highest BCUT2D eigenvalue weighted by atomic mass is 128. The van der Waals surface area contributed by atoms with Gasteiger partial charge in [-0.05, 0) is 0 Å². The molecule has 0 aromatic heterocycles. The van der Waals surface area contributed by atoms with Crippen LogP contribution >= 0.6 is 37.2 Å². The smallest absolute Gasteiger partial charge is 0.133 e. The number of aldehydes is 1. The summed E-state index contributed by atoms with van der Waals surface area (Å²) in [5.74, 6) is 0. The minimum absolute atomic E-state index is 0.599. The summed E-state index contributed by atoms with van der Waals surface area (Å²) in [5, 5.41) is 3.22. The standard InChI is InChI=1S/C6H12N2O.I2/c9-6-5-8-3-1-7-2-4-8;1-2/h6-7H,1-5H2;. The van der Waals surface area contributed by atoms with Crippen molar-refractivity contribution in [1.82, 2.24) is 10.2 Å². The van der Waals surface area contributed by atoms with Crippen LogP contribution in [0, 0.1) is 0 Å². The summed E-state index contributed by atoms with van der Waals surface area (Å²) in [6.07, 6.45) is 0.964. The third-order valence-corrected chi connectivity index (χ3v) is 1.54. The molecule has 1 saturated heterocycles. The van der Waals surface area contributed by atoms with Gasteiger partial charge in [0.15, 0.2) is 0 Å². The summed E-state index contributed by atoms with van der Waals surface area (Å²) in [4.78, 5) is 12.2. The molecule has 0 aliphatic carbocycles. The van der Waals surface area contributed by atoms with Gasteiger partial charge >= 0.3 is 0 Å². The molecule has 11 heavy (non-hydrogen) atoms. The zero-order valence-corrected chi connectivity index (χ0v) is 10.5. The Morgan fingerprint density at radius 3 is 2.36 bits per heavy atom. The van der Waals surface area contributed by atoms with Crippen molar-refractivity contribution < 1.29 is 4.79 Å². The fourth-order valence-corrected chi connectivity index (χ4v) is 0.999. The van der Waals surface area contributed by atoms with E-state index in [1.54, 1.807) is 0 Å². The second-order valence-corrected chi connectivity index (χ2v) is 2.22. The number of rotatable bonds is 2. The summed E-state index contributed by atoms with van der Waals surface area (Å²) >= 11 is 4.24. The Morgan fingerprint density at radius 1 is 1.36 bits per heavy atom. The van der Waals surface area contributed by atoms with E-state index < -0.39 is 0 Å². The number of nitrogens with one attached hydrogen (secondary N) is 1. The van der Waals surface area contributed by atoms with Crippen LogP contribution in [0.1, 0.15) is 0 Å². The van der Waals surface area contributed by atoms with Crippen molar-refractivity contribution in [3.8, 4) is 0 Å². The largest absolute Gasteiger partial charge is 0.314 e. The SMILES string of the molecule is II.O=CCN1CCNCC1. The number of hydrogen-bond acceptors (Lipinski definition) is 3. The number of carbonyl (C=O) groups excluding carboxylic acids is 1. The van der Waals surface area contributed by atoms with E-state index in [2.05, 4.69) is 47.4 Å². The Morgan fingerprint density at radius 2 is 1.91 bits per heavy atom. The zero-order chi connectivity index (χ0) is 8.53. The van der Waals surface area contributed by atoms with E-state index in [1.807, 2.05) is 0 Å². The first-order valence-corrected chi connectivity index (χ1v) is 9.73. The first-order chi connectivity index (χ1) is 5.43. The molecule has 0 unspecified atom stereocenters. The first-order valence-electron chi connectivity index (χ1n) is 3.44. The van der Waals surface area contributed by atoms with Gasteiger partial charge in [0.25, 0.3) is 0 Å². The monoisotopic (exact) mass is 382 g/mol. The van der Waals surface area contributed by atoms with Crippen LogP contribution in [0.25, 0.3) is 0 Å². The van der Waals surface area contributed by atoms with Crippen molar-refractivity contribution in [1.29, 1.82) is 0 Å². The first kappa shape index (κ1) is 12.0. The minimum Gasteiger partial charge on any atom is -0.314 e. The van der Waals surface area contributed by atoms with Gasteiger partial charge in [0.2, 0.25) is 0 Å². The van der Waals surface area contributed by atoms with Gasteiger partial charge in [0, 0.05) is 63.4 Å². The number of hydrogen-bond donors (Lipinski definition) is 1. The molecule has 0 saturated carbocycles. The lowest BCUT2D eigenvalue weighted by Crippen LogP contribution is -2.44. The van der Waals surface area contributed by atoms with Gasteiger partial charge in [-0.3, -0.25) is 4.90 Å². The summed E-state index contributed by atoms with van der Waals surface area (Å²) in [6.45, 7) is 4.67. The van der Waals surface area contributed by atoms with Crippen molar-refractivity contribution >= 4 is 43.5 Å². The van der Waals surface area contributed by atoms with E-state index >= 15 is 0 Å². The quantitative estimate of drug-likeness (QED) is 0.569. The van der Waals surface area contributed by atoms with E-state index in [0.717, 1.165) is 32.5 Å². The minimum atomic E-state index is 0.599. The van der Waals surface area contributed by atoms with Gasteiger partial charge in [0.1, 0.15) is 6.29 Å². The lowest BCUT2D eigenvalue weighted by molar-refractivity contribution is -0.109. The Balaban J connectivity index is 0.000000461. The van der Waals surface area contributed by atoms with E-state index in [1.165, 1.54) is 0 Å². The third-order valence-electron chi connectivity index (χ3n) is 1.54. The van der Waals surface area contributed by atoms with Crippen molar-refractivity contribution in [2.75, 3.05) is 32.7 Å². The summed E-state index contributed by atoms with van der Waals surface area (Å²) in [7, 11) is 0. The molecule has 1 heterocycles. The molecule has 0 aromatic rings. The number of nitrogens with zero attached hydrogens (tertiary/aromatic N) is 1. The maximum absolute atomic E-state index is 10.0. The van der Waals surface area contributed by atoms with Gasteiger partial charge < -0.3 is 10.1 Å². The molecule has 3 nitrogen and oxygen atoms in total. The average molecular weight is 382 g/mol. The molecule has 0 bridgehead atoms. The summed E-state index contributed by atoms with van der Waals surface area (Å²) in [5.41, 5.74) is 0. The van der Waals surface area contributed by atoms with Crippen LogP contribution in [0.5, 0.6) is 0 Å². The lowest BCUT2D eigenvalue weighted by atomic mass is 10.4. The molecule has 0 atom stereocenters. The molecule has 5 heteroatoms. The highest BCUT2D eigenvalue weighted by Gasteiger charge is 2.06. The van der Waals surface area contributed by atoms with Crippen LogP contribution in [0.15, 0.2) is 0 Å². The summed E-state index contributed by atoms with van der Waals surface area (Å²) in [6, 6.07) is 0. The molecule has 1 aliphatic heterocycles. The molecule has 1 rings (SSSR count). The van der Waals surface area contributed by atoms with Crippen molar-refractivity contribution in [2.24, 2.45) is 0 Å². The van der Waals surface area contributed by atoms with Crippen molar-refractivity contribution in [2.45, 2.75) is 0 Å².